The normalized spacial score (nSPS) is 12.6. The highest BCUT2D eigenvalue weighted by atomic mass is 19.4. The van der Waals surface area contributed by atoms with Gasteiger partial charge in [-0.25, -0.2) is 0 Å². The molecule has 0 aliphatic heterocycles. The fourth-order valence-electron chi connectivity index (χ4n) is 0.760. The molecule has 0 saturated carbocycles. The standard InChI is InChI=1S/C8H12F5NO2/c1-2-16-5-3-4-14-6(15)7(9,10)8(11,12)13/h2-5H2,1H3,(H,14,15). The van der Waals surface area contributed by atoms with Gasteiger partial charge in [0.25, 0.3) is 5.91 Å². The fourth-order valence-corrected chi connectivity index (χ4v) is 0.760. The molecule has 0 radical (unpaired) electrons. The van der Waals surface area contributed by atoms with Crippen molar-refractivity contribution >= 4 is 5.91 Å². The van der Waals surface area contributed by atoms with E-state index in [-0.39, 0.29) is 19.6 Å². The van der Waals surface area contributed by atoms with Crippen LogP contribution in [0.3, 0.4) is 0 Å². The molecular weight excluding hydrogens is 237 g/mol. The maximum Gasteiger partial charge on any atom is 0.463 e. The fraction of sp³-hybridized carbons (Fsp3) is 0.875. The number of hydrogen-bond acceptors (Lipinski definition) is 2. The molecule has 0 heterocycles. The Morgan fingerprint density at radius 2 is 1.81 bits per heavy atom. The van der Waals surface area contributed by atoms with Crippen LogP contribution in [-0.2, 0) is 9.53 Å². The minimum atomic E-state index is -5.86. The van der Waals surface area contributed by atoms with Crippen LogP contribution in [0.15, 0.2) is 0 Å². The number of carbonyl (C=O) groups is 1. The lowest BCUT2D eigenvalue weighted by molar-refractivity contribution is -0.269. The number of alkyl halides is 5. The quantitative estimate of drug-likeness (QED) is 0.575. The van der Waals surface area contributed by atoms with Crippen molar-refractivity contribution in [3.8, 4) is 0 Å². The third-order valence-corrected chi connectivity index (χ3v) is 1.60. The van der Waals surface area contributed by atoms with E-state index in [0.717, 1.165) is 0 Å². The molecule has 0 aromatic carbocycles. The van der Waals surface area contributed by atoms with E-state index in [2.05, 4.69) is 0 Å². The molecule has 0 bridgehead atoms. The van der Waals surface area contributed by atoms with Gasteiger partial charge >= 0.3 is 12.1 Å². The Labute approximate surface area is 88.9 Å². The van der Waals surface area contributed by atoms with Gasteiger partial charge < -0.3 is 10.1 Å². The zero-order valence-electron chi connectivity index (χ0n) is 8.53. The number of rotatable bonds is 6. The van der Waals surface area contributed by atoms with Gasteiger partial charge in [0.2, 0.25) is 0 Å². The lowest BCUT2D eigenvalue weighted by Gasteiger charge is -2.18. The second-order valence-corrected chi connectivity index (χ2v) is 2.88. The summed E-state index contributed by atoms with van der Waals surface area (Å²) in [6, 6.07) is 0. The Balaban J connectivity index is 3.98. The SMILES string of the molecule is CCOCCCNC(=O)C(F)(F)C(F)(F)F. The average Bonchev–Trinajstić information content (AvgIpc) is 2.15. The van der Waals surface area contributed by atoms with E-state index in [1.807, 2.05) is 0 Å². The molecule has 0 fully saturated rings. The summed E-state index contributed by atoms with van der Waals surface area (Å²) in [5, 5.41) is 1.50. The van der Waals surface area contributed by atoms with Crippen LogP contribution in [0.2, 0.25) is 0 Å². The van der Waals surface area contributed by atoms with E-state index in [1.54, 1.807) is 6.92 Å². The Kier molecular flexibility index (Phi) is 5.63. The lowest BCUT2D eigenvalue weighted by Crippen LogP contribution is -2.50. The number of amides is 1. The van der Waals surface area contributed by atoms with Gasteiger partial charge in [-0.3, -0.25) is 4.79 Å². The summed E-state index contributed by atoms with van der Waals surface area (Å²) >= 11 is 0. The topological polar surface area (TPSA) is 38.3 Å². The van der Waals surface area contributed by atoms with E-state index >= 15 is 0 Å². The van der Waals surface area contributed by atoms with E-state index in [0.29, 0.717) is 6.61 Å². The number of ether oxygens (including phenoxy) is 1. The molecular formula is C8H12F5NO2. The Morgan fingerprint density at radius 3 is 2.25 bits per heavy atom. The van der Waals surface area contributed by atoms with Gasteiger partial charge in [-0.05, 0) is 13.3 Å². The Hall–Kier alpha value is -0.920. The van der Waals surface area contributed by atoms with Crippen LogP contribution in [0.1, 0.15) is 13.3 Å². The van der Waals surface area contributed by atoms with Gasteiger partial charge in [0.15, 0.2) is 0 Å². The first-order chi connectivity index (χ1) is 7.23. The van der Waals surface area contributed by atoms with Gasteiger partial charge in [0.1, 0.15) is 0 Å². The van der Waals surface area contributed by atoms with Gasteiger partial charge in [-0.1, -0.05) is 0 Å². The maximum atomic E-state index is 12.3. The molecule has 3 nitrogen and oxygen atoms in total. The van der Waals surface area contributed by atoms with Crippen LogP contribution < -0.4 is 5.32 Å². The summed E-state index contributed by atoms with van der Waals surface area (Å²) < 4.78 is 64.5. The third kappa shape index (κ3) is 4.30. The molecule has 0 aliphatic rings. The van der Waals surface area contributed by atoms with Crippen LogP contribution in [0.25, 0.3) is 0 Å². The monoisotopic (exact) mass is 249 g/mol. The zero-order chi connectivity index (χ0) is 12.8. The molecule has 8 heteroatoms. The average molecular weight is 249 g/mol. The Morgan fingerprint density at radius 1 is 1.25 bits per heavy atom. The van der Waals surface area contributed by atoms with Crippen LogP contribution in [0.4, 0.5) is 22.0 Å². The summed E-state index contributed by atoms with van der Waals surface area (Å²) in [5.74, 6) is -7.69. The second kappa shape index (κ2) is 5.97. The van der Waals surface area contributed by atoms with Gasteiger partial charge in [0.05, 0.1) is 0 Å². The number of hydrogen-bond donors (Lipinski definition) is 1. The highest BCUT2D eigenvalue weighted by Gasteiger charge is 2.63. The highest BCUT2D eigenvalue weighted by molar-refractivity contribution is 5.84. The second-order valence-electron chi connectivity index (χ2n) is 2.88. The molecule has 0 rings (SSSR count). The zero-order valence-corrected chi connectivity index (χ0v) is 8.53. The summed E-state index contributed by atoms with van der Waals surface area (Å²) in [4.78, 5) is 10.5. The predicted octanol–water partition coefficient (Wildman–Crippen LogP) is 1.73. The van der Waals surface area contributed by atoms with Crippen molar-refractivity contribution in [3.05, 3.63) is 0 Å². The summed E-state index contributed by atoms with van der Waals surface area (Å²) in [7, 11) is 0. The van der Waals surface area contributed by atoms with E-state index in [9.17, 15) is 26.7 Å². The van der Waals surface area contributed by atoms with Crippen molar-refractivity contribution in [2.75, 3.05) is 19.8 Å². The van der Waals surface area contributed by atoms with Crippen molar-refractivity contribution < 1.29 is 31.5 Å². The molecule has 0 aromatic rings. The van der Waals surface area contributed by atoms with E-state index < -0.39 is 18.0 Å². The molecule has 0 aromatic heterocycles. The number of carbonyl (C=O) groups excluding carboxylic acids is 1. The van der Waals surface area contributed by atoms with Crippen molar-refractivity contribution in [3.63, 3.8) is 0 Å². The summed E-state index contributed by atoms with van der Waals surface area (Å²) in [6.45, 7) is 2.02. The lowest BCUT2D eigenvalue weighted by atomic mass is 10.3. The van der Waals surface area contributed by atoms with Crippen molar-refractivity contribution in [2.45, 2.75) is 25.4 Å². The highest BCUT2D eigenvalue weighted by Crippen LogP contribution is 2.35. The molecule has 0 spiro atoms. The molecule has 0 aliphatic carbocycles. The molecule has 0 atom stereocenters. The van der Waals surface area contributed by atoms with E-state index in [4.69, 9.17) is 4.74 Å². The smallest absolute Gasteiger partial charge is 0.382 e. The van der Waals surface area contributed by atoms with Gasteiger partial charge in [0, 0.05) is 19.8 Å². The first kappa shape index (κ1) is 15.1. The predicted molar refractivity (Wildman–Crippen MR) is 45.1 cm³/mol. The van der Waals surface area contributed by atoms with Crippen molar-refractivity contribution in [1.29, 1.82) is 0 Å². The maximum absolute atomic E-state index is 12.3. The van der Waals surface area contributed by atoms with E-state index in [1.165, 1.54) is 5.32 Å². The van der Waals surface area contributed by atoms with Crippen LogP contribution >= 0.6 is 0 Å². The molecule has 1 amide bonds. The van der Waals surface area contributed by atoms with Crippen LogP contribution in [-0.4, -0.2) is 37.8 Å². The van der Waals surface area contributed by atoms with Gasteiger partial charge in [-0.2, -0.15) is 22.0 Å². The molecule has 96 valence electrons. The molecule has 1 N–H and O–H groups in total. The van der Waals surface area contributed by atoms with Crippen molar-refractivity contribution in [2.24, 2.45) is 0 Å². The number of nitrogens with one attached hydrogen (secondary N) is 1. The van der Waals surface area contributed by atoms with Crippen molar-refractivity contribution in [1.82, 2.24) is 5.32 Å². The minimum absolute atomic E-state index is 0.174. The summed E-state index contributed by atoms with van der Waals surface area (Å²) in [6.07, 6.45) is -5.69. The third-order valence-electron chi connectivity index (χ3n) is 1.60. The Bertz CT molecular complexity index is 229. The van der Waals surface area contributed by atoms with Crippen LogP contribution in [0.5, 0.6) is 0 Å². The molecule has 16 heavy (non-hydrogen) atoms. The minimum Gasteiger partial charge on any atom is -0.382 e. The van der Waals surface area contributed by atoms with Crippen LogP contribution in [0, 0.1) is 0 Å². The molecule has 0 unspecified atom stereocenters. The first-order valence-corrected chi connectivity index (χ1v) is 4.54. The first-order valence-electron chi connectivity index (χ1n) is 4.54. The summed E-state index contributed by atoms with van der Waals surface area (Å²) in [5.41, 5.74) is 0. The van der Waals surface area contributed by atoms with Gasteiger partial charge in [-0.15, -0.1) is 0 Å². The number of halogens is 5. The largest absolute Gasteiger partial charge is 0.463 e. The molecule has 0 saturated heterocycles.